The molecular formula is C13H11N3O4S. The molecule has 108 valence electrons. The van der Waals surface area contributed by atoms with Crippen LogP contribution in [0.1, 0.15) is 21.6 Å². The van der Waals surface area contributed by atoms with Gasteiger partial charge in [-0.05, 0) is 30.7 Å². The van der Waals surface area contributed by atoms with Crippen molar-refractivity contribution in [1.29, 1.82) is 5.26 Å². The van der Waals surface area contributed by atoms with Crippen LogP contribution in [0.5, 0.6) is 0 Å². The minimum Gasteiger partial charge on any atom is -0.477 e. The van der Waals surface area contributed by atoms with Gasteiger partial charge in [0.25, 0.3) is 10.0 Å². The number of sulfonamides is 1. The summed E-state index contributed by atoms with van der Waals surface area (Å²) in [7, 11) is -3.93. The molecule has 0 saturated carbocycles. The van der Waals surface area contributed by atoms with Crippen molar-refractivity contribution in [2.45, 2.75) is 11.8 Å². The van der Waals surface area contributed by atoms with Crippen LogP contribution in [0.3, 0.4) is 0 Å². The average Bonchev–Trinajstić information content (AvgIpc) is 2.92. The molecule has 3 N–H and O–H groups in total. The van der Waals surface area contributed by atoms with Crippen molar-refractivity contribution in [2.24, 2.45) is 0 Å². The van der Waals surface area contributed by atoms with Crippen LogP contribution >= 0.6 is 0 Å². The number of aromatic carboxylic acids is 1. The molecule has 0 fully saturated rings. The van der Waals surface area contributed by atoms with Gasteiger partial charge < -0.3 is 10.1 Å². The third-order valence-electron chi connectivity index (χ3n) is 2.81. The van der Waals surface area contributed by atoms with Gasteiger partial charge in [0.05, 0.1) is 17.3 Å². The summed E-state index contributed by atoms with van der Waals surface area (Å²) in [6.07, 6.45) is 1.09. The van der Waals surface area contributed by atoms with Gasteiger partial charge in [-0.1, -0.05) is 6.07 Å². The van der Waals surface area contributed by atoms with Crippen LogP contribution in [0.25, 0.3) is 0 Å². The Morgan fingerprint density at radius 2 is 2.10 bits per heavy atom. The first-order valence-corrected chi connectivity index (χ1v) is 7.27. The van der Waals surface area contributed by atoms with E-state index < -0.39 is 16.0 Å². The Morgan fingerprint density at radius 1 is 1.38 bits per heavy atom. The Morgan fingerprint density at radius 3 is 2.67 bits per heavy atom. The van der Waals surface area contributed by atoms with Crippen LogP contribution in [0, 0.1) is 18.3 Å². The standard InChI is InChI=1S/C13H11N3O4S/c1-8-2-3-9(6-14)4-11(8)16-21(19,20)10-5-12(13(17)18)15-7-10/h2-5,7,15-16H,1H3,(H,17,18). The van der Waals surface area contributed by atoms with Crippen molar-refractivity contribution in [3.05, 3.63) is 47.3 Å². The van der Waals surface area contributed by atoms with Gasteiger partial charge in [0, 0.05) is 6.20 Å². The maximum atomic E-state index is 12.2. The van der Waals surface area contributed by atoms with Crippen molar-refractivity contribution in [3.63, 3.8) is 0 Å². The number of aryl methyl sites for hydroxylation is 1. The zero-order valence-electron chi connectivity index (χ0n) is 10.9. The van der Waals surface area contributed by atoms with E-state index in [1.54, 1.807) is 19.1 Å². The van der Waals surface area contributed by atoms with Gasteiger partial charge >= 0.3 is 5.97 Å². The molecule has 0 bridgehead atoms. The Hall–Kier alpha value is -2.79. The van der Waals surface area contributed by atoms with E-state index in [0.29, 0.717) is 11.1 Å². The molecule has 1 heterocycles. The van der Waals surface area contributed by atoms with Crippen LogP contribution in [0.2, 0.25) is 0 Å². The topological polar surface area (TPSA) is 123 Å². The van der Waals surface area contributed by atoms with Gasteiger partial charge in [0.1, 0.15) is 10.6 Å². The number of hydrogen-bond acceptors (Lipinski definition) is 4. The Bertz CT molecular complexity index is 847. The van der Waals surface area contributed by atoms with E-state index in [1.807, 2.05) is 6.07 Å². The second-order valence-corrected chi connectivity index (χ2v) is 5.98. The summed E-state index contributed by atoms with van der Waals surface area (Å²) >= 11 is 0. The Labute approximate surface area is 120 Å². The molecule has 0 atom stereocenters. The van der Waals surface area contributed by atoms with E-state index >= 15 is 0 Å². The average molecular weight is 305 g/mol. The van der Waals surface area contributed by atoms with Crippen molar-refractivity contribution >= 4 is 21.7 Å². The van der Waals surface area contributed by atoms with Crippen molar-refractivity contribution < 1.29 is 18.3 Å². The zero-order valence-corrected chi connectivity index (χ0v) is 11.7. The number of benzene rings is 1. The molecule has 1 aromatic heterocycles. The summed E-state index contributed by atoms with van der Waals surface area (Å²) in [5, 5.41) is 17.6. The molecule has 7 nitrogen and oxygen atoms in total. The number of nitriles is 1. The number of hydrogen-bond donors (Lipinski definition) is 3. The number of nitrogens with zero attached hydrogens (tertiary/aromatic N) is 1. The Kier molecular flexibility index (Phi) is 3.69. The van der Waals surface area contributed by atoms with Gasteiger partial charge in [-0.3, -0.25) is 4.72 Å². The number of carboxylic acid groups (broad SMARTS) is 1. The molecule has 0 spiro atoms. The number of carboxylic acids is 1. The molecular weight excluding hydrogens is 294 g/mol. The van der Waals surface area contributed by atoms with E-state index in [2.05, 4.69) is 9.71 Å². The fourth-order valence-electron chi connectivity index (χ4n) is 1.66. The highest BCUT2D eigenvalue weighted by atomic mass is 32.2. The summed E-state index contributed by atoms with van der Waals surface area (Å²) in [5.41, 5.74) is 1.01. The predicted octanol–water partition coefficient (Wildman–Crippen LogP) is 1.69. The summed E-state index contributed by atoms with van der Waals surface area (Å²) in [4.78, 5) is 12.9. The molecule has 1 aromatic carbocycles. The molecule has 0 amide bonds. The van der Waals surface area contributed by atoms with Gasteiger partial charge in [-0.2, -0.15) is 5.26 Å². The summed E-state index contributed by atoms with van der Waals surface area (Å²) in [6.45, 7) is 1.69. The van der Waals surface area contributed by atoms with E-state index in [0.717, 1.165) is 12.3 Å². The molecule has 8 heteroatoms. The lowest BCUT2D eigenvalue weighted by molar-refractivity contribution is 0.0691. The van der Waals surface area contributed by atoms with Crippen molar-refractivity contribution in [2.75, 3.05) is 4.72 Å². The largest absolute Gasteiger partial charge is 0.477 e. The summed E-state index contributed by atoms with van der Waals surface area (Å²) < 4.78 is 26.7. The maximum absolute atomic E-state index is 12.2. The highest BCUT2D eigenvalue weighted by Gasteiger charge is 2.19. The molecule has 0 radical (unpaired) electrons. The van der Waals surface area contributed by atoms with Crippen LogP contribution in [0.15, 0.2) is 35.4 Å². The van der Waals surface area contributed by atoms with E-state index in [4.69, 9.17) is 10.4 Å². The number of anilines is 1. The highest BCUT2D eigenvalue weighted by Crippen LogP contribution is 2.21. The molecule has 2 rings (SSSR count). The SMILES string of the molecule is Cc1ccc(C#N)cc1NS(=O)(=O)c1c[nH]c(C(=O)O)c1. The van der Waals surface area contributed by atoms with Crippen molar-refractivity contribution in [3.8, 4) is 6.07 Å². The van der Waals surface area contributed by atoms with E-state index in [-0.39, 0.29) is 16.3 Å². The molecule has 0 aliphatic carbocycles. The van der Waals surface area contributed by atoms with Crippen molar-refractivity contribution in [1.82, 2.24) is 4.98 Å². The number of H-pyrrole nitrogens is 1. The van der Waals surface area contributed by atoms with E-state index in [1.165, 1.54) is 6.07 Å². The first-order chi connectivity index (χ1) is 9.83. The smallest absolute Gasteiger partial charge is 0.352 e. The fourth-order valence-corrected chi connectivity index (χ4v) is 2.77. The van der Waals surface area contributed by atoms with Gasteiger partial charge in [0.2, 0.25) is 0 Å². The zero-order chi connectivity index (χ0) is 15.6. The fraction of sp³-hybridized carbons (Fsp3) is 0.0769. The third kappa shape index (κ3) is 3.04. The lowest BCUT2D eigenvalue weighted by Crippen LogP contribution is -2.13. The van der Waals surface area contributed by atoms with E-state index in [9.17, 15) is 13.2 Å². The van der Waals surface area contributed by atoms with Crippen LogP contribution in [-0.2, 0) is 10.0 Å². The third-order valence-corrected chi connectivity index (χ3v) is 4.15. The molecule has 0 aliphatic heterocycles. The number of nitrogens with one attached hydrogen (secondary N) is 2. The monoisotopic (exact) mass is 305 g/mol. The quantitative estimate of drug-likeness (QED) is 0.793. The summed E-state index contributed by atoms with van der Waals surface area (Å²) in [5.74, 6) is -1.25. The first-order valence-electron chi connectivity index (χ1n) is 5.79. The second-order valence-electron chi connectivity index (χ2n) is 4.30. The minimum absolute atomic E-state index is 0.193. The first kappa shape index (κ1) is 14.6. The second kappa shape index (κ2) is 5.30. The normalized spacial score (nSPS) is 10.9. The highest BCUT2D eigenvalue weighted by molar-refractivity contribution is 7.92. The molecule has 21 heavy (non-hydrogen) atoms. The molecule has 0 unspecified atom stereocenters. The van der Waals surface area contributed by atoms with Crippen LogP contribution in [-0.4, -0.2) is 24.5 Å². The minimum atomic E-state index is -3.93. The number of aromatic amines is 1. The lowest BCUT2D eigenvalue weighted by atomic mass is 10.1. The number of carbonyl (C=O) groups is 1. The van der Waals surface area contributed by atoms with Crippen LogP contribution in [0.4, 0.5) is 5.69 Å². The lowest BCUT2D eigenvalue weighted by Gasteiger charge is -2.09. The number of aromatic nitrogens is 1. The summed E-state index contributed by atoms with van der Waals surface area (Å²) in [6, 6.07) is 7.55. The molecule has 0 aliphatic rings. The maximum Gasteiger partial charge on any atom is 0.352 e. The predicted molar refractivity (Wildman–Crippen MR) is 74.5 cm³/mol. The number of rotatable bonds is 4. The van der Waals surface area contributed by atoms with Gasteiger partial charge in [-0.15, -0.1) is 0 Å². The van der Waals surface area contributed by atoms with Gasteiger partial charge in [0.15, 0.2) is 0 Å². The molecule has 2 aromatic rings. The Balaban J connectivity index is 2.37. The molecule has 0 saturated heterocycles. The van der Waals surface area contributed by atoms with Crippen LogP contribution < -0.4 is 4.72 Å². The van der Waals surface area contributed by atoms with Gasteiger partial charge in [-0.25, -0.2) is 13.2 Å².